The fourth-order valence-electron chi connectivity index (χ4n) is 5.18. The number of fused-ring (bicyclic) bond motifs is 5. The Morgan fingerprint density at radius 2 is 2.03 bits per heavy atom. The van der Waals surface area contributed by atoms with Gasteiger partial charge in [0, 0.05) is 11.5 Å². The first-order chi connectivity index (χ1) is 13.7. The summed E-state index contributed by atoms with van der Waals surface area (Å²) >= 11 is 0. The number of carbonyl (C=O) groups excluding carboxylic acids is 5. The molecular formula is C19H21N3O7. The molecule has 2 saturated heterocycles. The van der Waals surface area contributed by atoms with Crippen molar-refractivity contribution in [1.82, 2.24) is 10.2 Å². The van der Waals surface area contributed by atoms with Gasteiger partial charge in [-0.2, -0.15) is 0 Å². The van der Waals surface area contributed by atoms with Crippen LogP contribution >= 0.6 is 0 Å². The molecule has 0 bridgehead atoms. The number of imide groups is 2. The largest absolute Gasteiger partial charge is 0.468 e. The first-order valence-electron chi connectivity index (χ1n) is 9.50. The van der Waals surface area contributed by atoms with E-state index in [9.17, 15) is 24.0 Å². The van der Waals surface area contributed by atoms with E-state index in [1.165, 1.54) is 7.11 Å². The maximum atomic E-state index is 13.1. The van der Waals surface area contributed by atoms with Crippen molar-refractivity contribution >= 4 is 35.7 Å². The number of carbonyl (C=O) groups is 5. The maximum absolute atomic E-state index is 13.1. The molecule has 1 saturated carbocycles. The van der Waals surface area contributed by atoms with Crippen LogP contribution in [0.4, 0.5) is 4.79 Å². The number of hydrogen-bond acceptors (Lipinski definition) is 8. The van der Waals surface area contributed by atoms with Gasteiger partial charge in [-0.25, -0.2) is 14.7 Å². The molecule has 3 aliphatic heterocycles. The van der Waals surface area contributed by atoms with Crippen molar-refractivity contribution in [1.29, 1.82) is 0 Å². The van der Waals surface area contributed by atoms with Crippen molar-refractivity contribution < 1.29 is 33.4 Å². The molecule has 3 heterocycles. The summed E-state index contributed by atoms with van der Waals surface area (Å²) in [5, 5.41) is 2.37. The summed E-state index contributed by atoms with van der Waals surface area (Å²) in [6, 6.07) is 0. The summed E-state index contributed by atoms with van der Waals surface area (Å²) in [6.45, 7) is 3.00. The van der Waals surface area contributed by atoms with E-state index in [1.54, 1.807) is 13.8 Å². The van der Waals surface area contributed by atoms with Gasteiger partial charge in [-0.3, -0.25) is 24.5 Å². The van der Waals surface area contributed by atoms with Gasteiger partial charge in [-0.05, 0) is 26.2 Å². The molecular weight excluding hydrogens is 382 g/mol. The van der Waals surface area contributed by atoms with Crippen molar-refractivity contribution in [2.75, 3.05) is 13.7 Å². The normalized spacial score (nSPS) is 34.7. The molecule has 0 aromatic heterocycles. The van der Waals surface area contributed by atoms with Crippen LogP contribution in [0.15, 0.2) is 16.1 Å². The van der Waals surface area contributed by atoms with Crippen molar-refractivity contribution in [2.24, 2.45) is 22.7 Å². The summed E-state index contributed by atoms with van der Waals surface area (Å²) in [4.78, 5) is 67.4. The molecule has 0 unspecified atom stereocenters. The number of nitrogens with zero attached hydrogens (tertiary/aromatic N) is 2. The average Bonchev–Trinajstić information content (AvgIpc) is 3.12. The Morgan fingerprint density at radius 1 is 1.31 bits per heavy atom. The predicted molar refractivity (Wildman–Crippen MR) is 96.2 cm³/mol. The lowest BCUT2D eigenvalue weighted by molar-refractivity contribution is -0.139. The number of amides is 4. The minimum atomic E-state index is -1.40. The number of esters is 1. The van der Waals surface area contributed by atoms with E-state index < -0.39 is 53.7 Å². The van der Waals surface area contributed by atoms with E-state index in [0.717, 1.165) is 10.5 Å². The Labute approximate surface area is 166 Å². The SMILES string of the molecule is CCC1=C2CC[C@H]3C(=O)NC(=O)[C@H]3[C@H]2[C@@]2(C)C(=NCC(=O)OC)OC(=O)N2C1=O. The molecule has 4 atom stereocenters. The van der Waals surface area contributed by atoms with Crippen molar-refractivity contribution in [3.8, 4) is 0 Å². The molecule has 154 valence electrons. The quantitative estimate of drug-likeness (QED) is 0.530. The van der Waals surface area contributed by atoms with E-state index in [1.807, 2.05) is 0 Å². The summed E-state index contributed by atoms with van der Waals surface area (Å²) in [6.07, 6.45) is 0.387. The molecule has 0 spiro atoms. The Balaban J connectivity index is 1.90. The van der Waals surface area contributed by atoms with E-state index >= 15 is 0 Å². The molecule has 4 rings (SSSR count). The molecule has 29 heavy (non-hydrogen) atoms. The van der Waals surface area contributed by atoms with Crippen LogP contribution in [0.3, 0.4) is 0 Å². The third kappa shape index (κ3) is 2.47. The lowest BCUT2D eigenvalue weighted by Gasteiger charge is -2.48. The van der Waals surface area contributed by atoms with Gasteiger partial charge < -0.3 is 9.47 Å². The van der Waals surface area contributed by atoms with Crippen molar-refractivity contribution in [3.63, 3.8) is 0 Å². The smallest absolute Gasteiger partial charge is 0.424 e. The van der Waals surface area contributed by atoms with E-state index in [4.69, 9.17) is 4.74 Å². The monoisotopic (exact) mass is 403 g/mol. The van der Waals surface area contributed by atoms with Gasteiger partial charge >= 0.3 is 12.1 Å². The van der Waals surface area contributed by atoms with Gasteiger partial charge in [-0.15, -0.1) is 0 Å². The highest BCUT2D eigenvalue weighted by Gasteiger charge is 2.67. The van der Waals surface area contributed by atoms with Crippen LogP contribution in [0.2, 0.25) is 0 Å². The number of nitrogens with one attached hydrogen (secondary N) is 1. The van der Waals surface area contributed by atoms with Crippen LogP contribution in [0, 0.1) is 17.8 Å². The highest BCUT2D eigenvalue weighted by atomic mass is 16.6. The highest BCUT2D eigenvalue weighted by molar-refractivity contribution is 6.17. The lowest BCUT2D eigenvalue weighted by atomic mass is 9.59. The molecule has 0 aromatic rings. The summed E-state index contributed by atoms with van der Waals surface area (Å²) in [5.74, 6) is -3.96. The van der Waals surface area contributed by atoms with Crippen LogP contribution in [0.1, 0.15) is 33.1 Å². The molecule has 4 amide bonds. The van der Waals surface area contributed by atoms with Crippen LogP contribution < -0.4 is 5.32 Å². The van der Waals surface area contributed by atoms with Gasteiger partial charge in [0.2, 0.25) is 17.7 Å². The maximum Gasteiger partial charge on any atom is 0.424 e. The minimum Gasteiger partial charge on any atom is -0.468 e. The molecule has 4 aliphatic rings. The fraction of sp³-hybridized carbons (Fsp3) is 0.579. The van der Waals surface area contributed by atoms with Gasteiger partial charge in [0.1, 0.15) is 12.1 Å². The minimum absolute atomic E-state index is 0.119. The molecule has 0 radical (unpaired) electrons. The Bertz CT molecular complexity index is 921. The van der Waals surface area contributed by atoms with E-state index in [2.05, 4.69) is 15.0 Å². The Morgan fingerprint density at radius 3 is 2.69 bits per heavy atom. The second-order valence-corrected chi connectivity index (χ2v) is 7.71. The van der Waals surface area contributed by atoms with Crippen LogP contribution in [0.5, 0.6) is 0 Å². The van der Waals surface area contributed by atoms with Gasteiger partial charge in [0.15, 0.2) is 0 Å². The third-order valence-corrected chi connectivity index (χ3v) is 6.43. The standard InChI is InChI=1S/C19H21N3O7/c1-4-8-9-5-6-10-12(15(25)21-14(10)24)13(9)19(2)17(20-7-11(23)28-3)29-18(27)22(19)16(8)26/h10,12-13H,4-7H2,1-3H3,(H,21,24,25)/t10-,12-,13+,19+/m1/s1. The summed E-state index contributed by atoms with van der Waals surface area (Å²) < 4.78 is 9.88. The molecule has 10 nitrogen and oxygen atoms in total. The summed E-state index contributed by atoms with van der Waals surface area (Å²) in [5.41, 5.74) is -0.183. The first-order valence-corrected chi connectivity index (χ1v) is 9.50. The second-order valence-electron chi connectivity index (χ2n) is 7.71. The fourth-order valence-corrected chi connectivity index (χ4v) is 5.18. The zero-order valence-corrected chi connectivity index (χ0v) is 16.3. The molecule has 0 aromatic carbocycles. The number of cyclic esters (lactones) is 1. The van der Waals surface area contributed by atoms with Crippen LogP contribution in [-0.4, -0.2) is 59.8 Å². The Kier molecular flexibility index (Phi) is 4.32. The second kappa shape index (κ2) is 6.50. The number of hydrogen-bond donors (Lipinski definition) is 1. The number of aliphatic imine (C=N–C) groups is 1. The van der Waals surface area contributed by atoms with Gasteiger partial charge in [0.05, 0.1) is 18.9 Å². The highest BCUT2D eigenvalue weighted by Crippen LogP contribution is 2.54. The van der Waals surface area contributed by atoms with Gasteiger partial charge in [-0.1, -0.05) is 12.5 Å². The van der Waals surface area contributed by atoms with E-state index in [0.29, 0.717) is 24.8 Å². The average molecular weight is 403 g/mol. The number of ether oxygens (including phenoxy) is 2. The third-order valence-electron chi connectivity index (χ3n) is 6.43. The number of rotatable bonds is 3. The first kappa shape index (κ1) is 19.3. The van der Waals surface area contributed by atoms with Crippen LogP contribution in [0.25, 0.3) is 0 Å². The lowest BCUT2D eigenvalue weighted by Crippen LogP contribution is -2.63. The summed E-state index contributed by atoms with van der Waals surface area (Å²) in [7, 11) is 1.20. The van der Waals surface area contributed by atoms with E-state index in [-0.39, 0.29) is 11.8 Å². The topological polar surface area (TPSA) is 131 Å². The number of methoxy groups -OCH3 is 1. The molecule has 3 fully saturated rings. The van der Waals surface area contributed by atoms with Crippen molar-refractivity contribution in [3.05, 3.63) is 11.1 Å². The zero-order chi connectivity index (χ0) is 21.1. The van der Waals surface area contributed by atoms with Gasteiger partial charge in [0.25, 0.3) is 5.91 Å². The molecule has 1 N–H and O–H groups in total. The Hall–Kier alpha value is -3.04. The predicted octanol–water partition coefficient (Wildman–Crippen LogP) is 0.314. The van der Waals surface area contributed by atoms with Crippen LogP contribution in [-0.2, 0) is 28.7 Å². The van der Waals surface area contributed by atoms with Crippen molar-refractivity contribution in [2.45, 2.75) is 38.6 Å². The zero-order valence-electron chi connectivity index (χ0n) is 16.3. The molecule has 10 heteroatoms. The molecule has 1 aliphatic carbocycles.